The van der Waals surface area contributed by atoms with Crippen LogP contribution in [0.3, 0.4) is 0 Å². The van der Waals surface area contributed by atoms with Crippen LogP contribution in [0, 0.1) is 0 Å². The molecule has 3 nitrogen and oxygen atoms in total. The van der Waals surface area contributed by atoms with Crippen LogP contribution in [0.25, 0.3) is 0 Å². The van der Waals surface area contributed by atoms with E-state index in [-0.39, 0.29) is 11.9 Å². The van der Waals surface area contributed by atoms with Gasteiger partial charge in [-0.3, -0.25) is 9.69 Å². The minimum Gasteiger partial charge on any atom is -0.368 e. The third-order valence-corrected chi connectivity index (χ3v) is 3.85. The molecule has 0 saturated carbocycles. The van der Waals surface area contributed by atoms with Crippen LogP contribution in [0.2, 0.25) is 0 Å². The Hall–Kier alpha value is -0.870. The summed E-state index contributed by atoms with van der Waals surface area (Å²) in [4.78, 5) is 14.7. The molecule has 1 atom stereocenters. The lowest BCUT2D eigenvalue weighted by molar-refractivity contribution is -0.122. The fourth-order valence-corrected chi connectivity index (χ4v) is 2.82. The Bertz CT molecular complexity index is 323. The van der Waals surface area contributed by atoms with Crippen molar-refractivity contribution in [2.75, 3.05) is 13.1 Å². The number of amides is 1. The highest BCUT2D eigenvalue weighted by atomic mass is 32.1. The molecule has 0 aromatic carbocycles. The van der Waals surface area contributed by atoms with Crippen molar-refractivity contribution in [1.82, 2.24) is 4.90 Å². The second-order valence-corrected chi connectivity index (χ2v) is 4.96. The Morgan fingerprint density at radius 3 is 3.20 bits per heavy atom. The Morgan fingerprint density at radius 2 is 2.53 bits per heavy atom. The summed E-state index contributed by atoms with van der Waals surface area (Å²) in [7, 11) is 0. The van der Waals surface area contributed by atoms with Crippen LogP contribution >= 0.6 is 11.3 Å². The summed E-state index contributed by atoms with van der Waals surface area (Å²) in [5, 5.41) is 2.09. The second-order valence-electron chi connectivity index (χ2n) is 3.93. The van der Waals surface area contributed by atoms with Gasteiger partial charge in [-0.2, -0.15) is 0 Å². The number of carbonyl (C=O) groups excluding carboxylic acids is 1. The number of nitrogens with two attached hydrogens (primary N) is 1. The second kappa shape index (κ2) is 4.77. The highest BCUT2D eigenvalue weighted by Gasteiger charge is 2.28. The van der Waals surface area contributed by atoms with Crippen LogP contribution in [0.5, 0.6) is 0 Å². The number of likely N-dealkylation sites (tertiary alicyclic amines) is 1. The van der Waals surface area contributed by atoms with Crippen molar-refractivity contribution in [3.05, 3.63) is 22.4 Å². The Balaban J connectivity index is 1.86. The predicted molar refractivity (Wildman–Crippen MR) is 61.8 cm³/mol. The predicted octanol–water partition coefficient (Wildman–Crippen LogP) is 1.24. The first kappa shape index (κ1) is 10.6. The summed E-state index contributed by atoms with van der Waals surface area (Å²) >= 11 is 1.77. The van der Waals surface area contributed by atoms with Gasteiger partial charge < -0.3 is 5.73 Å². The molecule has 1 saturated heterocycles. The van der Waals surface area contributed by atoms with Gasteiger partial charge in [0.1, 0.15) is 0 Å². The van der Waals surface area contributed by atoms with Crippen LogP contribution in [0.1, 0.15) is 17.7 Å². The summed E-state index contributed by atoms with van der Waals surface area (Å²) in [6.45, 7) is 1.97. The highest BCUT2D eigenvalue weighted by Crippen LogP contribution is 2.18. The largest absolute Gasteiger partial charge is 0.368 e. The van der Waals surface area contributed by atoms with E-state index in [9.17, 15) is 4.79 Å². The first-order chi connectivity index (χ1) is 7.27. The van der Waals surface area contributed by atoms with Gasteiger partial charge in [0.2, 0.25) is 5.91 Å². The molecule has 0 bridgehead atoms. The van der Waals surface area contributed by atoms with E-state index < -0.39 is 0 Å². The van der Waals surface area contributed by atoms with Gasteiger partial charge in [-0.15, -0.1) is 11.3 Å². The minimum atomic E-state index is -0.168. The van der Waals surface area contributed by atoms with Gasteiger partial charge in [0.15, 0.2) is 0 Å². The van der Waals surface area contributed by atoms with Crippen molar-refractivity contribution in [2.24, 2.45) is 5.73 Å². The minimum absolute atomic E-state index is 0.0232. The Labute approximate surface area is 93.9 Å². The molecule has 82 valence electrons. The summed E-state index contributed by atoms with van der Waals surface area (Å²) in [6.07, 6.45) is 3.05. The molecule has 1 aromatic heterocycles. The number of rotatable bonds is 4. The molecule has 0 spiro atoms. The smallest absolute Gasteiger partial charge is 0.234 e. The summed E-state index contributed by atoms with van der Waals surface area (Å²) in [5.41, 5.74) is 5.36. The number of primary amides is 1. The topological polar surface area (TPSA) is 46.3 Å². The fraction of sp³-hybridized carbons (Fsp3) is 0.545. The van der Waals surface area contributed by atoms with Gasteiger partial charge in [0.05, 0.1) is 6.04 Å². The first-order valence-corrected chi connectivity index (χ1v) is 6.21. The maximum absolute atomic E-state index is 11.2. The van der Waals surface area contributed by atoms with Gasteiger partial charge in [-0.05, 0) is 37.3 Å². The van der Waals surface area contributed by atoms with Crippen molar-refractivity contribution < 1.29 is 4.79 Å². The van der Waals surface area contributed by atoms with Gasteiger partial charge in [-0.1, -0.05) is 6.07 Å². The van der Waals surface area contributed by atoms with Gasteiger partial charge in [0, 0.05) is 11.4 Å². The molecule has 0 unspecified atom stereocenters. The third-order valence-electron chi connectivity index (χ3n) is 2.92. The van der Waals surface area contributed by atoms with Crippen LogP contribution in [0.4, 0.5) is 0 Å². The molecule has 1 fully saturated rings. The molecule has 2 N–H and O–H groups in total. The van der Waals surface area contributed by atoms with E-state index >= 15 is 0 Å². The molecule has 1 amide bonds. The molecule has 4 heteroatoms. The van der Waals surface area contributed by atoms with Crippen LogP contribution in [0.15, 0.2) is 17.5 Å². The fourth-order valence-electron chi connectivity index (χ4n) is 2.12. The maximum Gasteiger partial charge on any atom is 0.234 e. The number of hydrogen-bond acceptors (Lipinski definition) is 3. The van der Waals surface area contributed by atoms with E-state index in [4.69, 9.17) is 5.73 Å². The maximum atomic E-state index is 11.2. The molecule has 1 aromatic rings. The van der Waals surface area contributed by atoms with Crippen molar-refractivity contribution in [3.8, 4) is 0 Å². The normalized spacial score (nSPS) is 22.0. The van der Waals surface area contributed by atoms with E-state index in [1.807, 2.05) is 0 Å². The molecule has 15 heavy (non-hydrogen) atoms. The quantitative estimate of drug-likeness (QED) is 0.836. The molecule has 1 aliphatic rings. The summed E-state index contributed by atoms with van der Waals surface area (Å²) in [5.74, 6) is -0.168. The number of nitrogens with zero attached hydrogens (tertiary/aromatic N) is 1. The average molecular weight is 224 g/mol. The lowest BCUT2D eigenvalue weighted by atomic mass is 10.2. The van der Waals surface area contributed by atoms with E-state index in [2.05, 4.69) is 22.4 Å². The zero-order chi connectivity index (χ0) is 10.7. The van der Waals surface area contributed by atoms with Gasteiger partial charge in [0.25, 0.3) is 0 Å². The highest BCUT2D eigenvalue weighted by molar-refractivity contribution is 7.09. The van der Waals surface area contributed by atoms with Crippen molar-refractivity contribution >= 4 is 17.2 Å². The number of hydrogen-bond donors (Lipinski definition) is 1. The Kier molecular flexibility index (Phi) is 3.38. The Morgan fingerprint density at radius 1 is 1.67 bits per heavy atom. The molecule has 0 aliphatic carbocycles. The van der Waals surface area contributed by atoms with E-state index in [1.54, 1.807) is 11.3 Å². The van der Waals surface area contributed by atoms with E-state index in [0.717, 1.165) is 32.4 Å². The number of thiophene rings is 1. The zero-order valence-corrected chi connectivity index (χ0v) is 9.50. The summed E-state index contributed by atoms with van der Waals surface area (Å²) in [6, 6.07) is 4.18. The van der Waals surface area contributed by atoms with Gasteiger partial charge >= 0.3 is 0 Å². The molecule has 2 heterocycles. The monoisotopic (exact) mass is 224 g/mol. The summed E-state index contributed by atoms with van der Waals surface area (Å²) < 4.78 is 0. The molecule has 2 rings (SSSR count). The number of carbonyl (C=O) groups is 1. The van der Waals surface area contributed by atoms with Crippen molar-refractivity contribution in [3.63, 3.8) is 0 Å². The lowest BCUT2D eigenvalue weighted by Crippen LogP contribution is -2.41. The zero-order valence-electron chi connectivity index (χ0n) is 8.69. The van der Waals surface area contributed by atoms with E-state index in [1.165, 1.54) is 4.88 Å². The van der Waals surface area contributed by atoms with Gasteiger partial charge in [-0.25, -0.2) is 0 Å². The van der Waals surface area contributed by atoms with Crippen molar-refractivity contribution in [1.29, 1.82) is 0 Å². The molecular weight excluding hydrogens is 208 g/mol. The van der Waals surface area contributed by atoms with E-state index in [0.29, 0.717) is 0 Å². The standard InChI is InChI=1S/C11H16N2OS/c12-11(14)10-4-1-6-13(10)7-5-9-3-2-8-15-9/h2-3,8,10H,1,4-7H2,(H2,12,14)/t10-/m0/s1. The van der Waals surface area contributed by atoms with Crippen LogP contribution in [-0.4, -0.2) is 29.9 Å². The van der Waals surface area contributed by atoms with Crippen molar-refractivity contribution in [2.45, 2.75) is 25.3 Å². The van der Waals surface area contributed by atoms with Crippen LogP contribution in [-0.2, 0) is 11.2 Å². The average Bonchev–Trinajstić information content (AvgIpc) is 2.86. The lowest BCUT2D eigenvalue weighted by Gasteiger charge is -2.21. The third kappa shape index (κ3) is 2.58. The first-order valence-electron chi connectivity index (χ1n) is 5.33. The van der Waals surface area contributed by atoms with Crippen LogP contribution < -0.4 is 5.73 Å². The molecule has 0 radical (unpaired) electrons. The molecular formula is C11H16N2OS. The SMILES string of the molecule is NC(=O)[C@@H]1CCCN1CCc1cccs1. The molecule has 1 aliphatic heterocycles.